The Morgan fingerprint density at radius 3 is 2.62 bits per heavy atom. The van der Waals surface area contributed by atoms with Gasteiger partial charge in [-0.3, -0.25) is 20.0 Å². The SMILES string of the molecule is C=CCN1C2CCC1C13CCC1N(C(c1ccc(C(=O)NN4CCCC4)cc1)c1cccc(OC)c1)C23. The first-order chi connectivity index (χ1) is 18.2. The number of carbonyl (C=O) groups excluding carboxylic acids is 1. The zero-order valence-corrected chi connectivity index (χ0v) is 21.8. The molecule has 7 rings (SSSR count). The van der Waals surface area contributed by atoms with E-state index in [2.05, 4.69) is 58.2 Å². The second-order valence-corrected chi connectivity index (χ2v) is 11.6. The first-order valence-electron chi connectivity index (χ1n) is 14.1. The summed E-state index contributed by atoms with van der Waals surface area (Å²) in [5, 5.41) is 2.04. The highest BCUT2D eigenvalue weighted by Gasteiger charge is 2.78. The monoisotopic (exact) mass is 498 g/mol. The molecule has 0 radical (unpaired) electrons. The summed E-state index contributed by atoms with van der Waals surface area (Å²) >= 11 is 0. The Morgan fingerprint density at radius 2 is 1.92 bits per heavy atom. The molecule has 6 unspecified atom stereocenters. The average molecular weight is 499 g/mol. The molecule has 2 aromatic rings. The van der Waals surface area contributed by atoms with Crippen LogP contribution in [0.2, 0.25) is 0 Å². The lowest BCUT2D eigenvalue weighted by Gasteiger charge is -2.73. The largest absolute Gasteiger partial charge is 0.497 e. The number of rotatable bonds is 8. The van der Waals surface area contributed by atoms with Crippen molar-refractivity contribution in [1.29, 1.82) is 0 Å². The summed E-state index contributed by atoms with van der Waals surface area (Å²) in [6.07, 6.45) is 9.64. The number of methoxy groups -OCH3 is 1. The fraction of sp³-hybridized carbons (Fsp3) is 0.516. The second kappa shape index (κ2) is 8.97. The molecule has 2 bridgehead atoms. The molecule has 1 spiro atoms. The van der Waals surface area contributed by atoms with E-state index < -0.39 is 0 Å². The fourth-order valence-corrected chi connectivity index (χ4v) is 8.67. The first kappa shape index (κ1) is 23.4. The number of hydrazine groups is 1. The molecule has 1 saturated carbocycles. The number of amides is 1. The average Bonchev–Trinajstić information content (AvgIpc) is 3.63. The van der Waals surface area contributed by atoms with Crippen molar-refractivity contribution in [2.45, 2.75) is 68.7 Å². The Labute approximate surface area is 220 Å². The molecule has 6 atom stereocenters. The van der Waals surface area contributed by atoms with Gasteiger partial charge in [0.25, 0.3) is 5.91 Å². The van der Waals surface area contributed by atoms with Crippen LogP contribution in [-0.4, -0.2) is 71.6 Å². The van der Waals surface area contributed by atoms with Crippen LogP contribution >= 0.6 is 0 Å². The van der Waals surface area contributed by atoms with E-state index in [0.29, 0.717) is 29.6 Å². The smallest absolute Gasteiger partial charge is 0.265 e. The molecule has 5 fully saturated rings. The Balaban J connectivity index is 1.22. The number of nitrogens with one attached hydrogen (secondary N) is 1. The fourth-order valence-electron chi connectivity index (χ4n) is 8.67. The third-order valence-electron chi connectivity index (χ3n) is 10.2. The van der Waals surface area contributed by atoms with E-state index in [1.165, 1.54) is 36.8 Å². The van der Waals surface area contributed by atoms with Gasteiger partial charge in [0.15, 0.2) is 0 Å². The summed E-state index contributed by atoms with van der Waals surface area (Å²) in [6, 6.07) is 19.6. The van der Waals surface area contributed by atoms with Gasteiger partial charge < -0.3 is 4.74 Å². The molecule has 4 aliphatic heterocycles. The molecule has 0 aromatic heterocycles. The number of likely N-dealkylation sites (tertiary alicyclic amines) is 1. The van der Waals surface area contributed by atoms with Crippen molar-refractivity contribution in [3.8, 4) is 5.75 Å². The number of nitrogens with zero attached hydrogens (tertiary/aromatic N) is 3. The van der Waals surface area contributed by atoms with Crippen molar-refractivity contribution in [2.24, 2.45) is 5.41 Å². The highest BCUT2D eigenvalue weighted by molar-refractivity contribution is 5.93. The summed E-state index contributed by atoms with van der Waals surface area (Å²) in [4.78, 5) is 18.5. The van der Waals surface area contributed by atoms with Gasteiger partial charge in [-0.25, -0.2) is 5.01 Å². The first-order valence-corrected chi connectivity index (χ1v) is 14.1. The van der Waals surface area contributed by atoms with Crippen molar-refractivity contribution in [1.82, 2.24) is 20.2 Å². The molecular formula is C31H38N4O2. The Bertz CT molecular complexity index is 1190. The third-order valence-corrected chi connectivity index (χ3v) is 10.2. The minimum Gasteiger partial charge on any atom is -0.497 e. The van der Waals surface area contributed by atoms with E-state index in [1.54, 1.807) is 7.11 Å². The van der Waals surface area contributed by atoms with Gasteiger partial charge in [-0.1, -0.05) is 30.3 Å². The maximum Gasteiger partial charge on any atom is 0.265 e. The Morgan fingerprint density at radius 1 is 1.11 bits per heavy atom. The standard InChI is InChI=1S/C31H38N4O2/c1-3-17-34-25-13-14-26(34)31-16-15-27(31)35(29(25)31)28(23-7-6-8-24(20-23)37-2)21-9-11-22(12-10-21)30(36)32-33-18-4-5-19-33/h3,6-12,20,25-29H,1,4-5,13-19H2,2H3,(H,32,36). The number of hydrogen-bond acceptors (Lipinski definition) is 5. The second-order valence-electron chi connectivity index (χ2n) is 11.6. The van der Waals surface area contributed by atoms with Crippen LogP contribution in [0.3, 0.4) is 0 Å². The predicted octanol–water partition coefficient (Wildman–Crippen LogP) is 4.39. The summed E-state index contributed by atoms with van der Waals surface area (Å²) in [7, 11) is 1.74. The zero-order chi connectivity index (χ0) is 25.1. The van der Waals surface area contributed by atoms with Crippen molar-refractivity contribution >= 4 is 5.91 Å². The minimum absolute atomic E-state index is 0.0125. The Kier molecular flexibility index (Phi) is 5.68. The number of piperidine rings is 1. The molecule has 4 saturated heterocycles. The predicted molar refractivity (Wildman–Crippen MR) is 144 cm³/mol. The number of fused-ring (bicyclic) bond motifs is 3. The van der Waals surface area contributed by atoms with Crippen LogP contribution in [0.15, 0.2) is 61.2 Å². The number of benzene rings is 2. The molecule has 194 valence electrons. The van der Waals surface area contributed by atoms with Crippen molar-refractivity contribution in [3.05, 3.63) is 77.9 Å². The highest BCUT2D eigenvalue weighted by atomic mass is 16.5. The minimum atomic E-state index is -0.0125. The van der Waals surface area contributed by atoms with Crippen molar-refractivity contribution < 1.29 is 9.53 Å². The van der Waals surface area contributed by atoms with Crippen molar-refractivity contribution in [2.75, 3.05) is 26.7 Å². The van der Waals surface area contributed by atoms with Gasteiger partial charge in [-0.2, -0.15) is 0 Å². The van der Waals surface area contributed by atoms with Crippen LogP contribution < -0.4 is 10.2 Å². The molecule has 6 heteroatoms. The van der Waals surface area contributed by atoms with E-state index >= 15 is 0 Å². The number of carbonyl (C=O) groups is 1. The third kappa shape index (κ3) is 3.38. The lowest BCUT2D eigenvalue weighted by Crippen LogP contribution is -2.80. The van der Waals surface area contributed by atoms with Crippen LogP contribution in [0.4, 0.5) is 0 Å². The van der Waals surface area contributed by atoms with Crippen LogP contribution in [0, 0.1) is 5.41 Å². The van der Waals surface area contributed by atoms with Gasteiger partial charge in [0.2, 0.25) is 0 Å². The van der Waals surface area contributed by atoms with Crippen LogP contribution in [0.5, 0.6) is 5.75 Å². The van der Waals surface area contributed by atoms with Gasteiger partial charge in [0.05, 0.1) is 13.2 Å². The zero-order valence-electron chi connectivity index (χ0n) is 21.8. The van der Waals surface area contributed by atoms with Crippen molar-refractivity contribution in [3.63, 3.8) is 0 Å². The lowest BCUT2D eigenvalue weighted by molar-refractivity contribution is -0.222. The lowest BCUT2D eigenvalue weighted by atomic mass is 9.47. The molecule has 6 nitrogen and oxygen atoms in total. The maximum absolute atomic E-state index is 12.9. The molecule has 1 N–H and O–H groups in total. The van der Waals surface area contributed by atoms with E-state index in [-0.39, 0.29) is 11.9 Å². The molecule has 5 aliphatic rings. The normalized spacial score (nSPS) is 33.2. The molecule has 1 aliphatic carbocycles. The number of ether oxygens (including phenoxy) is 1. The molecule has 4 heterocycles. The Hall–Kier alpha value is -2.67. The molecule has 37 heavy (non-hydrogen) atoms. The highest BCUT2D eigenvalue weighted by Crippen LogP contribution is 2.71. The van der Waals surface area contributed by atoms with Gasteiger partial charge in [0.1, 0.15) is 5.75 Å². The number of hydrogen-bond donors (Lipinski definition) is 1. The summed E-state index contributed by atoms with van der Waals surface area (Å²) in [6.45, 7) is 6.94. The topological polar surface area (TPSA) is 48.0 Å². The van der Waals surface area contributed by atoms with Gasteiger partial charge in [-0.05, 0) is 73.9 Å². The van der Waals surface area contributed by atoms with Crippen LogP contribution in [0.1, 0.15) is 66.1 Å². The van der Waals surface area contributed by atoms with E-state index in [0.717, 1.165) is 43.8 Å². The summed E-state index contributed by atoms with van der Waals surface area (Å²) in [5.41, 5.74) is 6.78. The van der Waals surface area contributed by atoms with Gasteiger partial charge >= 0.3 is 0 Å². The summed E-state index contributed by atoms with van der Waals surface area (Å²) < 4.78 is 5.64. The molecule has 2 aromatic carbocycles. The quantitative estimate of drug-likeness (QED) is 0.547. The van der Waals surface area contributed by atoms with E-state index in [4.69, 9.17) is 4.74 Å². The van der Waals surface area contributed by atoms with Crippen LogP contribution in [0.25, 0.3) is 0 Å². The molecular weight excluding hydrogens is 460 g/mol. The van der Waals surface area contributed by atoms with Crippen LogP contribution in [-0.2, 0) is 0 Å². The summed E-state index contributed by atoms with van der Waals surface area (Å²) in [5.74, 6) is 0.882. The van der Waals surface area contributed by atoms with E-state index in [9.17, 15) is 4.79 Å². The maximum atomic E-state index is 12.9. The van der Waals surface area contributed by atoms with E-state index in [1.807, 2.05) is 23.2 Å². The molecule has 1 amide bonds. The van der Waals surface area contributed by atoms with Gasteiger partial charge in [-0.15, -0.1) is 6.58 Å². The van der Waals surface area contributed by atoms with Gasteiger partial charge in [0, 0.05) is 54.8 Å².